The first-order valence-electron chi connectivity index (χ1n) is 3.59. The van der Waals surface area contributed by atoms with Crippen LogP contribution >= 0.6 is 0 Å². The minimum Gasteiger partial charge on any atom is -0.396 e. The molecular formula is C7H14O3. The summed E-state index contributed by atoms with van der Waals surface area (Å²) in [4.78, 5) is 0. The molecule has 0 aromatic rings. The van der Waals surface area contributed by atoms with Crippen LogP contribution in [0.1, 0.15) is 19.8 Å². The van der Waals surface area contributed by atoms with Crippen molar-refractivity contribution in [3.63, 3.8) is 0 Å². The number of hydrogen-bond acceptors (Lipinski definition) is 3. The lowest BCUT2D eigenvalue weighted by atomic mass is 9.98. The van der Waals surface area contributed by atoms with Gasteiger partial charge in [0.05, 0.1) is 12.2 Å². The zero-order valence-electron chi connectivity index (χ0n) is 6.30. The number of hydrogen-bond donors (Lipinski definition) is 1. The number of ether oxygens (including phenoxy) is 2. The first-order chi connectivity index (χ1) is 4.77. The molecule has 0 bridgehead atoms. The summed E-state index contributed by atoms with van der Waals surface area (Å²) in [5.74, 6) is 0. The second-order valence-corrected chi connectivity index (χ2v) is 2.84. The smallest absolute Gasteiger partial charge is 0.147 e. The van der Waals surface area contributed by atoms with Gasteiger partial charge in [0.25, 0.3) is 0 Å². The summed E-state index contributed by atoms with van der Waals surface area (Å²) in [6, 6.07) is 0. The van der Waals surface area contributed by atoms with Gasteiger partial charge in [0.1, 0.15) is 6.79 Å². The fraction of sp³-hybridized carbons (Fsp3) is 1.00. The third kappa shape index (κ3) is 1.94. The van der Waals surface area contributed by atoms with Gasteiger partial charge in [-0.25, -0.2) is 0 Å². The maximum Gasteiger partial charge on any atom is 0.147 e. The first-order valence-corrected chi connectivity index (χ1v) is 3.59. The highest BCUT2D eigenvalue weighted by Gasteiger charge is 2.27. The largest absolute Gasteiger partial charge is 0.396 e. The Hall–Kier alpha value is -0.120. The molecule has 0 saturated carbocycles. The molecule has 1 saturated heterocycles. The topological polar surface area (TPSA) is 38.7 Å². The SMILES string of the molecule is C[C@]1(CCO)CCOCO1. The summed E-state index contributed by atoms with van der Waals surface area (Å²) in [5.41, 5.74) is -0.146. The Kier molecular flexibility index (Phi) is 2.65. The molecule has 3 heteroatoms. The highest BCUT2D eigenvalue weighted by Crippen LogP contribution is 2.22. The molecule has 1 aliphatic heterocycles. The van der Waals surface area contributed by atoms with E-state index in [9.17, 15) is 0 Å². The van der Waals surface area contributed by atoms with Gasteiger partial charge in [-0.3, -0.25) is 0 Å². The molecule has 0 aromatic carbocycles. The second kappa shape index (κ2) is 3.32. The lowest BCUT2D eigenvalue weighted by molar-refractivity contribution is -0.190. The summed E-state index contributed by atoms with van der Waals surface area (Å²) < 4.78 is 10.3. The molecule has 1 aliphatic rings. The molecule has 1 atom stereocenters. The van der Waals surface area contributed by atoms with Crippen LogP contribution in [0.2, 0.25) is 0 Å². The van der Waals surface area contributed by atoms with Crippen molar-refractivity contribution in [3.8, 4) is 0 Å². The van der Waals surface area contributed by atoms with Crippen LogP contribution in [0.3, 0.4) is 0 Å². The highest BCUT2D eigenvalue weighted by atomic mass is 16.7. The van der Waals surface area contributed by atoms with Crippen molar-refractivity contribution in [3.05, 3.63) is 0 Å². The van der Waals surface area contributed by atoms with Crippen molar-refractivity contribution >= 4 is 0 Å². The molecule has 0 aromatic heterocycles. The molecule has 10 heavy (non-hydrogen) atoms. The van der Waals surface area contributed by atoms with Gasteiger partial charge in [0, 0.05) is 6.61 Å². The molecule has 0 spiro atoms. The van der Waals surface area contributed by atoms with Gasteiger partial charge in [0.2, 0.25) is 0 Å². The van der Waals surface area contributed by atoms with Crippen molar-refractivity contribution in [2.75, 3.05) is 20.0 Å². The third-order valence-electron chi connectivity index (χ3n) is 1.91. The van der Waals surface area contributed by atoms with Crippen molar-refractivity contribution in [1.82, 2.24) is 0 Å². The monoisotopic (exact) mass is 146 g/mol. The van der Waals surface area contributed by atoms with Crippen LogP contribution < -0.4 is 0 Å². The number of rotatable bonds is 2. The standard InChI is InChI=1S/C7H14O3/c1-7(2-4-8)3-5-9-6-10-7/h8H,2-6H2,1H3/t7-/m0/s1. The molecule has 0 radical (unpaired) electrons. The van der Waals surface area contributed by atoms with Crippen molar-refractivity contribution in [1.29, 1.82) is 0 Å². The summed E-state index contributed by atoms with van der Waals surface area (Å²) in [5, 5.41) is 8.66. The predicted molar refractivity (Wildman–Crippen MR) is 36.6 cm³/mol. The average Bonchev–Trinajstić information content (AvgIpc) is 1.89. The Balaban J connectivity index is 2.32. The minimum atomic E-state index is -0.146. The van der Waals surface area contributed by atoms with E-state index in [1.165, 1.54) is 0 Å². The lowest BCUT2D eigenvalue weighted by Crippen LogP contribution is -2.36. The van der Waals surface area contributed by atoms with Gasteiger partial charge < -0.3 is 14.6 Å². The van der Waals surface area contributed by atoms with Crippen molar-refractivity contribution < 1.29 is 14.6 Å². The van der Waals surface area contributed by atoms with E-state index in [1.807, 2.05) is 6.92 Å². The zero-order chi connectivity index (χ0) is 7.45. The van der Waals surface area contributed by atoms with Crippen LogP contribution in [-0.2, 0) is 9.47 Å². The Morgan fingerprint density at radius 2 is 2.40 bits per heavy atom. The van der Waals surface area contributed by atoms with Crippen LogP contribution in [-0.4, -0.2) is 30.7 Å². The van der Waals surface area contributed by atoms with Gasteiger partial charge in [-0.2, -0.15) is 0 Å². The zero-order valence-corrected chi connectivity index (χ0v) is 6.30. The normalized spacial score (nSPS) is 34.2. The molecule has 60 valence electrons. The second-order valence-electron chi connectivity index (χ2n) is 2.84. The van der Waals surface area contributed by atoms with Crippen molar-refractivity contribution in [2.45, 2.75) is 25.4 Å². The fourth-order valence-corrected chi connectivity index (χ4v) is 1.04. The maximum atomic E-state index is 8.66. The Morgan fingerprint density at radius 3 is 2.90 bits per heavy atom. The van der Waals surface area contributed by atoms with Crippen LogP contribution in [0.4, 0.5) is 0 Å². The van der Waals surface area contributed by atoms with Crippen LogP contribution in [0, 0.1) is 0 Å². The first kappa shape index (κ1) is 7.98. The molecule has 1 N–H and O–H groups in total. The van der Waals surface area contributed by atoms with Gasteiger partial charge in [-0.15, -0.1) is 0 Å². The van der Waals surface area contributed by atoms with E-state index in [0.29, 0.717) is 13.2 Å². The van der Waals surface area contributed by atoms with E-state index in [4.69, 9.17) is 14.6 Å². The molecule has 0 unspecified atom stereocenters. The Bertz CT molecular complexity index is 91.5. The number of aliphatic hydroxyl groups is 1. The highest BCUT2D eigenvalue weighted by molar-refractivity contribution is 4.75. The van der Waals surface area contributed by atoms with E-state index in [2.05, 4.69) is 0 Å². The van der Waals surface area contributed by atoms with Crippen LogP contribution in [0.25, 0.3) is 0 Å². The Morgan fingerprint density at radius 1 is 1.60 bits per heavy atom. The van der Waals surface area contributed by atoms with Crippen LogP contribution in [0.15, 0.2) is 0 Å². The molecule has 1 fully saturated rings. The summed E-state index contributed by atoms with van der Waals surface area (Å²) in [6.45, 7) is 3.31. The molecule has 0 amide bonds. The van der Waals surface area contributed by atoms with Crippen LogP contribution in [0.5, 0.6) is 0 Å². The number of aliphatic hydroxyl groups excluding tert-OH is 1. The quantitative estimate of drug-likeness (QED) is 0.617. The van der Waals surface area contributed by atoms with E-state index in [-0.39, 0.29) is 12.2 Å². The molecule has 0 aliphatic carbocycles. The molecular weight excluding hydrogens is 132 g/mol. The van der Waals surface area contributed by atoms with Gasteiger partial charge in [-0.1, -0.05) is 0 Å². The fourth-order valence-electron chi connectivity index (χ4n) is 1.04. The minimum absolute atomic E-state index is 0.146. The summed E-state index contributed by atoms with van der Waals surface area (Å²) in [7, 11) is 0. The average molecular weight is 146 g/mol. The van der Waals surface area contributed by atoms with E-state index in [0.717, 1.165) is 13.0 Å². The van der Waals surface area contributed by atoms with E-state index >= 15 is 0 Å². The van der Waals surface area contributed by atoms with E-state index in [1.54, 1.807) is 0 Å². The van der Waals surface area contributed by atoms with Gasteiger partial charge in [-0.05, 0) is 19.8 Å². The third-order valence-corrected chi connectivity index (χ3v) is 1.91. The van der Waals surface area contributed by atoms with Crippen molar-refractivity contribution in [2.24, 2.45) is 0 Å². The Labute approximate surface area is 60.9 Å². The summed E-state index contributed by atoms with van der Waals surface area (Å²) >= 11 is 0. The van der Waals surface area contributed by atoms with Gasteiger partial charge in [0.15, 0.2) is 0 Å². The lowest BCUT2D eigenvalue weighted by Gasteiger charge is -2.32. The molecule has 3 nitrogen and oxygen atoms in total. The summed E-state index contributed by atoms with van der Waals surface area (Å²) in [6.07, 6.45) is 1.59. The molecule has 1 rings (SSSR count). The maximum absolute atomic E-state index is 8.66. The van der Waals surface area contributed by atoms with Gasteiger partial charge >= 0.3 is 0 Å². The predicted octanol–water partition coefficient (Wildman–Crippen LogP) is 0.522. The molecule has 1 heterocycles. The van der Waals surface area contributed by atoms with E-state index < -0.39 is 0 Å².